The summed E-state index contributed by atoms with van der Waals surface area (Å²) in [6, 6.07) is 0. The monoisotopic (exact) mass is 500 g/mol. The molecule has 7 heteroatoms. The molecule has 2 aliphatic rings. The fourth-order valence-corrected chi connectivity index (χ4v) is 6.35. The van der Waals surface area contributed by atoms with Gasteiger partial charge in [0.15, 0.2) is 0 Å². The molecule has 0 fully saturated rings. The van der Waals surface area contributed by atoms with Crippen molar-refractivity contribution in [3.63, 3.8) is 0 Å². The highest BCUT2D eigenvalue weighted by Crippen LogP contribution is 2.30. The molecule has 3 unspecified atom stereocenters. The van der Waals surface area contributed by atoms with Crippen LogP contribution in [0.15, 0.2) is 35.5 Å². The normalized spacial score (nSPS) is 28.0. The van der Waals surface area contributed by atoms with Crippen LogP contribution in [0.5, 0.6) is 0 Å². The van der Waals surface area contributed by atoms with E-state index in [9.17, 15) is 13.2 Å². The summed E-state index contributed by atoms with van der Waals surface area (Å²) in [6.45, 7) is 11.6. The molecule has 0 aromatic rings. The minimum absolute atomic E-state index is 0.0423. The minimum atomic E-state index is -3.63. The van der Waals surface area contributed by atoms with E-state index >= 15 is 0 Å². The lowest BCUT2D eigenvalue weighted by Crippen LogP contribution is -2.42. The fraction of sp³-hybridized carbons (Fsp3) is 0.696. The number of likely N-dealkylation sites (N-methyl/N-ethyl adjacent to an activating group) is 1. The summed E-state index contributed by atoms with van der Waals surface area (Å²) in [4.78, 5) is 12.2. The van der Waals surface area contributed by atoms with Crippen LogP contribution in [0.4, 0.5) is 0 Å². The number of halogens is 1. The van der Waals surface area contributed by atoms with Crippen LogP contribution in [0.3, 0.4) is 0 Å². The average Bonchev–Trinajstić information content (AvgIpc) is 2.80. The van der Waals surface area contributed by atoms with Gasteiger partial charge in [-0.25, -0.2) is 12.7 Å². The van der Waals surface area contributed by atoms with E-state index in [1.807, 2.05) is 20.8 Å². The molecule has 0 saturated carbocycles. The quantitative estimate of drug-likeness (QED) is 0.433. The lowest BCUT2D eigenvalue weighted by atomic mass is 9.90. The van der Waals surface area contributed by atoms with Crippen LogP contribution in [-0.2, 0) is 14.8 Å². The fourth-order valence-electron chi connectivity index (χ4n) is 3.72. The molecule has 0 saturated heterocycles. The number of carbonyl (C=O) groups is 1. The van der Waals surface area contributed by atoms with Crippen molar-refractivity contribution in [3.8, 4) is 0 Å². The van der Waals surface area contributed by atoms with Gasteiger partial charge in [0.05, 0.1) is 4.83 Å². The van der Waals surface area contributed by atoms with E-state index in [1.54, 1.807) is 25.3 Å². The number of hydrogen-bond donors (Lipinski definition) is 1. The number of sulfonamides is 1. The predicted molar refractivity (Wildman–Crippen MR) is 128 cm³/mol. The van der Waals surface area contributed by atoms with Crippen molar-refractivity contribution >= 4 is 31.9 Å². The smallest absolute Gasteiger partial charge is 0.251 e. The zero-order valence-corrected chi connectivity index (χ0v) is 21.5. The van der Waals surface area contributed by atoms with Crippen molar-refractivity contribution < 1.29 is 13.2 Å². The molecule has 1 N–H and O–H groups in total. The van der Waals surface area contributed by atoms with Crippen LogP contribution in [0.1, 0.15) is 53.9 Å². The van der Waals surface area contributed by atoms with E-state index in [0.29, 0.717) is 30.5 Å². The van der Waals surface area contributed by atoms with E-state index < -0.39 is 15.3 Å². The number of nitrogens with one attached hydrogen (secondary N) is 1. The molecule has 0 aromatic carbocycles. The Kier molecular flexibility index (Phi) is 8.56. The van der Waals surface area contributed by atoms with E-state index in [-0.39, 0.29) is 16.1 Å². The minimum Gasteiger partial charge on any atom is -0.352 e. The number of carbonyl (C=O) groups excluding carboxylic acids is 1. The lowest BCUT2D eigenvalue weighted by Gasteiger charge is -2.28. The van der Waals surface area contributed by atoms with Gasteiger partial charge in [-0.2, -0.15) is 0 Å². The standard InChI is InChI=1S/C23H37BrN2O3S/c1-16-8-7-9-18(12-17(16)2)14-26(6)30(28,29)21-13-19(10-11-20(21)24)22(27)25-15-23(3,4)5/h9-11,13,16-17,20-21H,7-8,12,14-15H2,1-6H3,(H,25,27)/t16?,17-,20?,21?/m1/s1. The molecule has 0 heterocycles. The number of nitrogens with zero attached hydrogens (tertiary/aromatic N) is 1. The maximum atomic E-state index is 13.3. The highest BCUT2D eigenvalue weighted by Gasteiger charge is 2.36. The number of amides is 1. The van der Waals surface area contributed by atoms with Gasteiger partial charge in [0.2, 0.25) is 10.0 Å². The van der Waals surface area contributed by atoms with Crippen molar-refractivity contribution in [2.45, 2.75) is 64.0 Å². The molecule has 30 heavy (non-hydrogen) atoms. The summed E-state index contributed by atoms with van der Waals surface area (Å²) < 4.78 is 28.1. The van der Waals surface area contributed by atoms with Crippen LogP contribution in [0.2, 0.25) is 0 Å². The van der Waals surface area contributed by atoms with Crippen LogP contribution in [-0.4, -0.2) is 48.8 Å². The maximum Gasteiger partial charge on any atom is 0.251 e. The van der Waals surface area contributed by atoms with Gasteiger partial charge in [-0.15, -0.1) is 0 Å². The van der Waals surface area contributed by atoms with Crippen LogP contribution >= 0.6 is 15.9 Å². The summed E-state index contributed by atoms with van der Waals surface area (Å²) in [6.07, 6.45) is 10.3. The molecule has 0 aromatic heterocycles. The zero-order chi connectivity index (χ0) is 22.7. The first kappa shape index (κ1) is 25.3. The number of rotatable bonds is 6. The molecule has 2 rings (SSSR count). The third-order valence-corrected chi connectivity index (χ3v) is 9.31. The van der Waals surface area contributed by atoms with Gasteiger partial charge in [0.25, 0.3) is 5.91 Å². The Labute approximate surface area is 191 Å². The molecule has 2 aliphatic carbocycles. The van der Waals surface area contributed by atoms with Gasteiger partial charge in [-0.1, -0.05) is 80.4 Å². The molecule has 0 radical (unpaired) electrons. The molecule has 4 atom stereocenters. The third kappa shape index (κ3) is 6.79. The number of hydrogen-bond acceptors (Lipinski definition) is 3. The largest absolute Gasteiger partial charge is 0.352 e. The summed E-state index contributed by atoms with van der Waals surface area (Å²) in [7, 11) is -1.99. The van der Waals surface area contributed by atoms with Gasteiger partial charge in [0.1, 0.15) is 5.25 Å². The van der Waals surface area contributed by atoms with Gasteiger partial charge >= 0.3 is 0 Å². The number of allylic oxidation sites excluding steroid dienone is 2. The van der Waals surface area contributed by atoms with E-state index in [1.165, 1.54) is 9.88 Å². The van der Waals surface area contributed by atoms with E-state index in [2.05, 4.69) is 41.2 Å². The first-order valence-electron chi connectivity index (χ1n) is 10.8. The second kappa shape index (κ2) is 10.1. The van der Waals surface area contributed by atoms with Crippen molar-refractivity contribution in [2.75, 3.05) is 20.1 Å². The molecule has 0 spiro atoms. The molecular weight excluding hydrogens is 464 g/mol. The van der Waals surface area contributed by atoms with Crippen LogP contribution in [0.25, 0.3) is 0 Å². The summed E-state index contributed by atoms with van der Waals surface area (Å²) in [5.74, 6) is 0.959. The SMILES string of the molecule is CC1CCC=C(CN(C)S(=O)(=O)C2C=C(C(=O)NCC(C)(C)C)C=CC2Br)C[C@H]1C. The third-order valence-electron chi connectivity index (χ3n) is 5.97. The second-order valence-electron chi connectivity index (χ2n) is 10.0. The average molecular weight is 502 g/mol. The van der Waals surface area contributed by atoms with Crippen molar-refractivity contribution in [3.05, 3.63) is 35.5 Å². The lowest BCUT2D eigenvalue weighted by molar-refractivity contribution is -0.117. The highest BCUT2D eigenvalue weighted by atomic mass is 79.9. The van der Waals surface area contributed by atoms with E-state index in [4.69, 9.17) is 0 Å². The topological polar surface area (TPSA) is 66.5 Å². The summed E-state index contributed by atoms with van der Waals surface area (Å²) >= 11 is 3.48. The summed E-state index contributed by atoms with van der Waals surface area (Å²) in [5, 5.41) is 2.08. The van der Waals surface area contributed by atoms with Crippen molar-refractivity contribution in [1.82, 2.24) is 9.62 Å². The van der Waals surface area contributed by atoms with E-state index in [0.717, 1.165) is 19.3 Å². The molecule has 170 valence electrons. The zero-order valence-electron chi connectivity index (χ0n) is 19.1. The first-order valence-corrected chi connectivity index (χ1v) is 13.2. The Morgan fingerprint density at radius 3 is 2.57 bits per heavy atom. The Hall–Kier alpha value is -0.920. The molecule has 1 amide bonds. The first-order chi connectivity index (χ1) is 13.8. The Morgan fingerprint density at radius 2 is 1.93 bits per heavy atom. The predicted octanol–water partition coefficient (Wildman–Crippen LogP) is 4.42. The molecule has 5 nitrogen and oxygen atoms in total. The van der Waals surface area contributed by atoms with Gasteiger partial charge in [-0.05, 0) is 36.5 Å². The Morgan fingerprint density at radius 1 is 1.27 bits per heavy atom. The van der Waals surface area contributed by atoms with Gasteiger partial charge in [0, 0.05) is 25.7 Å². The maximum absolute atomic E-state index is 13.3. The molecule has 0 aliphatic heterocycles. The number of alkyl halides is 1. The Bertz CT molecular complexity index is 824. The summed E-state index contributed by atoms with van der Waals surface area (Å²) in [5.41, 5.74) is 1.54. The van der Waals surface area contributed by atoms with Gasteiger partial charge in [-0.3, -0.25) is 4.79 Å². The van der Waals surface area contributed by atoms with Crippen LogP contribution in [0, 0.1) is 17.3 Å². The van der Waals surface area contributed by atoms with Crippen molar-refractivity contribution in [1.29, 1.82) is 0 Å². The van der Waals surface area contributed by atoms with Crippen molar-refractivity contribution in [2.24, 2.45) is 17.3 Å². The van der Waals surface area contributed by atoms with Gasteiger partial charge < -0.3 is 5.32 Å². The molecule has 0 bridgehead atoms. The van der Waals surface area contributed by atoms with Crippen LogP contribution < -0.4 is 5.32 Å². The highest BCUT2D eigenvalue weighted by molar-refractivity contribution is 9.09. The Balaban J connectivity index is 2.14. The molecular formula is C23H37BrN2O3S. The second-order valence-corrected chi connectivity index (χ2v) is 13.3.